The van der Waals surface area contributed by atoms with Crippen molar-refractivity contribution in [3.63, 3.8) is 0 Å². The first kappa shape index (κ1) is 14.1. The molecule has 0 aromatic carbocycles. The van der Waals surface area contributed by atoms with Crippen molar-refractivity contribution in [1.29, 1.82) is 0 Å². The summed E-state index contributed by atoms with van der Waals surface area (Å²) >= 11 is 6.30. The molecule has 1 heterocycles. The maximum absolute atomic E-state index is 11.9. The molecule has 0 radical (unpaired) electrons. The van der Waals surface area contributed by atoms with Crippen molar-refractivity contribution >= 4 is 28.3 Å². The third-order valence-electron chi connectivity index (χ3n) is 2.48. The lowest BCUT2D eigenvalue weighted by molar-refractivity contribution is -0.129. The van der Waals surface area contributed by atoms with E-state index in [0.29, 0.717) is 4.32 Å². The third-order valence-corrected chi connectivity index (χ3v) is 4.00. The van der Waals surface area contributed by atoms with Gasteiger partial charge in [-0.15, -0.1) is 0 Å². The van der Waals surface area contributed by atoms with Crippen molar-refractivity contribution in [3.8, 4) is 0 Å². The molecule has 16 heavy (non-hydrogen) atoms. The first-order chi connectivity index (χ1) is 7.49. The normalized spacial score (nSPS) is 18.3. The van der Waals surface area contributed by atoms with Crippen molar-refractivity contribution in [3.05, 3.63) is 0 Å². The van der Waals surface area contributed by atoms with E-state index in [9.17, 15) is 13.2 Å². The van der Waals surface area contributed by atoms with Crippen LogP contribution in [0.3, 0.4) is 0 Å². The van der Waals surface area contributed by atoms with Crippen molar-refractivity contribution in [1.82, 2.24) is 4.90 Å². The van der Waals surface area contributed by atoms with Gasteiger partial charge in [-0.25, -0.2) is 0 Å². The molecule has 0 unspecified atom stereocenters. The van der Waals surface area contributed by atoms with Gasteiger partial charge in [-0.3, -0.25) is 0 Å². The summed E-state index contributed by atoms with van der Waals surface area (Å²) in [5.74, 6) is 0.0405. The van der Waals surface area contributed by atoms with E-state index in [1.165, 1.54) is 12.8 Å². The van der Waals surface area contributed by atoms with Crippen LogP contribution in [0, 0.1) is 0 Å². The van der Waals surface area contributed by atoms with Gasteiger partial charge in [0.15, 0.2) is 0 Å². The lowest BCUT2D eigenvalue weighted by Crippen LogP contribution is -2.28. The van der Waals surface area contributed by atoms with E-state index in [0.717, 1.165) is 37.7 Å². The molecule has 0 atom stereocenters. The number of hydrogen-bond acceptors (Lipinski definition) is 2. The number of hydrogen-bond donors (Lipinski definition) is 0. The summed E-state index contributed by atoms with van der Waals surface area (Å²) in [5.41, 5.74) is 0. The molecule has 6 heteroatoms. The van der Waals surface area contributed by atoms with Gasteiger partial charge in [-0.2, -0.15) is 13.2 Å². The number of thiocarbonyl (C=S) groups is 1. The van der Waals surface area contributed by atoms with Crippen LogP contribution in [0.2, 0.25) is 0 Å². The maximum atomic E-state index is 11.9. The predicted octanol–water partition coefficient (Wildman–Crippen LogP) is 3.83. The topological polar surface area (TPSA) is 3.24 Å². The summed E-state index contributed by atoms with van der Waals surface area (Å²) in [7, 11) is 0. The molecule has 1 saturated heterocycles. The summed E-state index contributed by atoms with van der Waals surface area (Å²) < 4.78 is 36.5. The van der Waals surface area contributed by atoms with Crippen LogP contribution in [0.15, 0.2) is 0 Å². The van der Waals surface area contributed by atoms with E-state index in [4.69, 9.17) is 12.2 Å². The summed E-state index contributed by atoms with van der Waals surface area (Å²) in [6, 6.07) is 0. The summed E-state index contributed by atoms with van der Waals surface area (Å²) in [6.07, 6.45) is -0.231. The van der Waals surface area contributed by atoms with Crippen LogP contribution >= 0.6 is 24.0 Å². The van der Waals surface area contributed by atoms with Crippen LogP contribution in [-0.2, 0) is 0 Å². The van der Waals surface area contributed by atoms with Gasteiger partial charge in [0.2, 0.25) is 0 Å². The van der Waals surface area contributed by atoms with Crippen LogP contribution in [0.5, 0.6) is 0 Å². The Morgan fingerprint density at radius 3 is 2.19 bits per heavy atom. The molecule has 0 bridgehead atoms. The molecular weight excluding hydrogens is 255 g/mol. The second-order valence-corrected chi connectivity index (χ2v) is 5.61. The lowest BCUT2D eigenvalue weighted by Gasteiger charge is -2.22. The minimum Gasteiger partial charge on any atom is -0.358 e. The standard InChI is InChI=1S/C10H16F3NS2/c11-10(12,13)5-8-16-9(15)14-6-3-1-2-4-7-14/h1-8H2. The number of halogens is 3. The van der Waals surface area contributed by atoms with Gasteiger partial charge in [0, 0.05) is 18.8 Å². The molecule has 1 nitrogen and oxygen atoms in total. The highest BCUT2D eigenvalue weighted by atomic mass is 32.2. The minimum atomic E-state index is -4.07. The van der Waals surface area contributed by atoms with Crippen LogP contribution in [0.4, 0.5) is 13.2 Å². The second kappa shape index (κ2) is 6.69. The zero-order valence-electron chi connectivity index (χ0n) is 9.05. The number of alkyl halides is 3. The fourth-order valence-electron chi connectivity index (χ4n) is 1.60. The van der Waals surface area contributed by atoms with E-state index in [2.05, 4.69) is 0 Å². The highest BCUT2D eigenvalue weighted by molar-refractivity contribution is 8.22. The predicted molar refractivity (Wildman–Crippen MR) is 65.8 cm³/mol. The largest absolute Gasteiger partial charge is 0.389 e. The molecule has 0 aromatic rings. The average molecular weight is 271 g/mol. The lowest BCUT2D eigenvalue weighted by atomic mass is 10.2. The molecule has 0 amide bonds. The molecule has 0 spiro atoms. The van der Waals surface area contributed by atoms with E-state index >= 15 is 0 Å². The first-order valence-electron chi connectivity index (χ1n) is 5.47. The summed E-state index contributed by atoms with van der Waals surface area (Å²) in [6.45, 7) is 1.80. The highest BCUT2D eigenvalue weighted by Gasteiger charge is 2.26. The summed E-state index contributed by atoms with van der Waals surface area (Å²) in [4.78, 5) is 2.05. The Morgan fingerprint density at radius 2 is 1.69 bits per heavy atom. The second-order valence-electron chi connectivity index (χ2n) is 3.88. The van der Waals surface area contributed by atoms with Gasteiger partial charge in [0.25, 0.3) is 0 Å². The Hall–Kier alpha value is 0.0300. The Bertz CT molecular complexity index is 223. The number of likely N-dealkylation sites (tertiary alicyclic amines) is 1. The van der Waals surface area contributed by atoms with Crippen molar-refractivity contribution in [2.75, 3.05) is 18.8 Å². The zero-order valence-corrected chi connectivity index (χ0v) is 10.7. The SMILES string of the molecule is FC(F)(F)CCSC(=S)N1CCCCCC1. The van der Waals surface area contributed by atoms with Crippen LogP contribution in [-0.4, -0.2) is 34.2 Å². The van der Waals surface area contributed by atoms with E-state index in [1.54, 1.807) is 0 Å². The fourth-order valence-corrected chi connectivity index (χ4v) is 2.90. The molecule has 1 rings (SSSR count). The molecule has 1 aliphatic heterocycles. The Labute approximate surface area is 104 Å². The monoisotopic (exact) mass is 271 g/mol. The Balaban J connectivity index is 2.23. The Kier molecular flexibility index (Phi) is 5.89. The van der Waals surface area contributed by atoms with E-state index in [-0.39, 0.29) is 5.75 Å². The van der Waals surface area contributed by atoms with Crippen LogP contribution < -0.4 is 0 Å². The smallest absolute Gasteiger partial charge is 0.358 e. The minimum absolute atomic E-state index is 0.0405. The molecule has 0 saturated carbocycles. The van der Waals surface area contributed by atoms with E-state index < -0.39 is 12.6 Å². The molecule has 0 aliphatic carbocycles. The molecule has 0 aromatic heterocycles. The first-order valence-corrected chi connectivity index (χ1v) is 6.87. The quantitative estimate of drug-likeness (QED) is 0.703. The van der Waals surface area contributed by atoms with E-state index in [1.807, 2.05) is 4.90 Å². The van der Waals surface area contributed by atoms with Gasteiger partial charge >= 0.3 is 6.18 Å². The van der Waals surface area contributed by atoms with Crippen molar-refractivity contribution in [2.24, 2.45) is 0 Å². The Morgan fingerprint density at radius 1 is 1.12 bits per heavy atom. The molecule has 1 fully saturated rings. The zero-order chi connectivity index (χ0) is 12.0. The fraction of sp³-hybridized carbons (Fsp3) is 0.900. The van der Waals surface area contributed by atoms with Gasteiger partial charge in [0.05, 0.1) is 6.42 Å². The van der Waals surface area contributed by atoms with Gasteiger partial charge in [-0.05, 0) is 12.8 Å². The highest BCUT2D eigenvalue weighted by Crippen LogP contribution is 2.24. The number of thioether (sulfide) groups is 1. The maximum Gasteiger partial charge on any atom is 0.389 e. The number of nitrogens with zero attached hydrogens (tertiary/aromatic N) is 1. The third kappa shape index (κ3) is 5.94. The van der Waals surface area contributed by atoms with Gasteiger partial charge < -0.3 is 4.90 Å². The number of rotatable bonds is 2. The van der Waals surface area contributed by atoms with Crippen LogP contribution in [0.25, 0.3) is 0 Å². The van der Waals surface area contributed by atoms with Crippen molar-refractivity contribution in [2.45, 2.75) is 38.3 Å². The molecule has 94 valence electrons. The molecule has 1 aliphatic rings. The molecular formula is C10H16F3NS2. The summed E-state index contributed by atoms with van der Waals surface area (Å²) in [5, 5.41) is 0. The van der Waals surface area contributed by atoms with Crippen molar-refractivity contribution < 1.29 is 13.2 Å². The van der Waals surface area contributed by atoms with Gasteiger partial charge in [-0.1, -0.05) is 36.8 Å². The van der Waals surface area contributed by atoms with Crippen LogP contribution in [0.1, 0.15) is 32.1 Å². The van der Waals surface area contributed by atoms with Gasteiger partial charge in [0.1, 0.15) is 4.32 Å². The molecule has 0 N–H and O–H groups in total. The average Bonchev–Trinajstić information content (AvgIpc) is 2.43.